The van der Waals surface area contributed by atoms with Crippen LogP contribution in [0.3, 0.4) is 0 Å². The molecule has 0 spiro atoms. The third-order valence-electron chi connectivity index (χ3n) is 4.84. The molecule has 0 aromatic heterocycles. The van der Waals surface area contributed by atoms with E-state index in [4.69, 9.17) is 9.47 Å². The Kier molecular flexibility index (Phi) is 51.6. The van der Waals surface area contributed by atoms with Crippen LogP contribution in [0.15, 0.2) is 0 Å². The fourth-order valence-corrected chi connectivity index (χ4v) is 18.5. The second-order valence-electron chi connectivity index (χ2n) is 28.3. The first kappa shape index (κ1) is 105. The molecule has 0 heterocycles. The number of hydrogen-bond acceptors (Lipinski definition) is 2. The average molecular weight is 1660 g/mol. The number of ether oxygens (including phenoxy) is 2. The van der Waals surface area contributed by atoms with E-state index in [1.165, 1.54) is 0 Å². The summed E-state index contributed by atoms with van der Waals surface area (Å²) in [6, 6.07) is 0. The van der Waals surface area contributed by atoms with Crippen LogP contribution in [-0.2, 0) is 9.47 Å². The zero-order chi connectivity index (χ0) is 65.2. The molecule has 2 radical (unpaired) electrons. The van der Waals surface area contributed by atoms with E-state index in [0.717, 1.165) is 26.4 Å². The van der Waals surface area contributed by atoms with Gasteiger partial charge in [0.1, 0.15) is 0 Å². The SMILES string of the molecule is CCOCC.CCOCC.[BH3-][P+]([BH3-])(C(C)(C)C)C(C)(C)C.[BH3-][P+]([BH3-])(C(C)(C)C)C(C)(C)C.[BH3-][P+]([BH3-])(C(C)(C)C)C(C)(C)C.[BH3-][P+]([BH3-])(C(C)(C)C)C(C)(C)C.[BH3-][P+]([BH3-])(C(C)(C)C)C(C)(C)C.[BH3-][P+]([BH3-])(C(C)(C)C)C(C)(C)C.[U+3].[U+3]. The number of hydrogen-bond donors (Lipinski definition) is 0. The van der Waals surface area contributed by atoms with Gasteiger partial charge in [-0.05, 0) is 339 Å². The molecule has 0 atom stereocenters. The van der Waals surface area contributed by atoms with Crippen LogP contribution >= 0.6 is 42.1 Å². The Bertz CT molecular complexity index is 1140. The van der Waals surface area contributed by atoms with Gasteiger partial charge in [-0.1, -0.05) is 0 Å². The Balaban J connectivity index is -0.0000000854. The van der Waals surface area contributed by atoms with Crippen molar-refractivity contribution in [2.75, 3.05) is 26.4 Å². The molecule has 0 saturated heterocycles. The summed E-state index contributed by atoms with van der Waals surface area (Å²) in [4.78, 5) is 0. The van der Waals surface area contributed by atoms with Gasteiger partial charge in [-0.25, -0.2) is 0 Å². The maximum Gasteiger partial charge on any atom is 3.00 e. The largest absolute Gasteiger partial charge is 3.00 e. The third kappa shape index (κ3) is 38.2. The standard InChI is InChI=1S/6C8H24B2P.2C4H10O.2U/c6*1-7(2,3)11(9,10)8(4,5)6;2*1-3-5-4-2;;/h6*1-6,9-10H3;2*3-4H2,1-2H3;;/q6*-1;;;2*+3. The van der Waals surface area contributed by atoms with Crippen LogP contribution in [0.4, 0.5) is 0 Å². The topological polar surface area (TPSA) is 18.5 Å². The molecule has 0 rings (SSSR count). The van der Waals surface area contributed by atoms with E-state index in [9.17, 15) is 0 Å². The van der Waals surface area contributed by atoms with Crippen LogP contribution in [0.5, 0.6) is 0 Å². The second-order valence-corrected chi connectivity index (χ2v) is 45.7. The monoisotopic (exact) mass is 1660 g/mol. The van der Waals surface area contributed by atoms with Crippen molar-refractivity contribution in [3.63, 3.8) is 0 Å². The molecule has 0 unspecified atom stereocenters. The molecule has 78 heavy (non-hydrogen) atoms. The van der Waals surface area contributed by atoms with Gasteiger partial charge in [-0.2, -0.15) is 0 Å². The number of rotatable bonds is 4. The molecule has 0 N–H and O–H groups in total. The molecular weight excluding hydrogens is 1500 g/mol. The summed E-state index contributed by atoms with van der Waals surface area (Å²) in [5.41, 5.74) is 0. The van der Waals surface area contributed by atoms with Gasteiger partial charge in [0.15, 0.2) is 0 Å². The normalized spacial score (nSPS) is 14.0. The van der Waals surface area contributed by atoms with Crippen molar-refractivity contribution in [3.8, 4) is 0 Å². The van der Waals surface area contributed by atoms with Gasteiger partial charge < -0.3 is 51.6 Å². The molecule has 0 bridgehead atoms. The second kappa shape index (κ2) is 38.3. The van der Waals surface area contributed by atoms with Crippen LogP contribution in [0.1, 0.15) is 277 Å². The Morgan fingerprint density at radius 2 is 0.231 bits per heavy atom. The first-order valence-electron chi connectivity index (χ1n) is 24.7. The molecule has 0 aromatic carbocycles. The molecule has 0 amide bonds. The quantitative estimate of drug-likeness (QED) is 0.207. The van der Waals surface area contributed by atoms with Gasteiger partial charge in [-0.3, -0.25) is 0 Å². The summed E-state index contributed by atoms with van der Waals surface area (Å²) >= 11 is 0. The Morgan fingerprint density at radius 1 is 0.179 bits per heavy atom. The molecule has 22 heteroatoms. The predicted octanol–water partition coefficient (Wildman–Crippen LogP) is 9.06. The molecule has 0 aliphatic carbocycles. The van der Waals surface area contributed by atoms with Crippen LogP contribution < -0.4 is 0 Å². The van der Waals surface area contributed by atoms with Crippen LogP contribution in [0.2, 0.25) is 0 Å². The van der Waals surface area contributed by atoms with E-state index in [1.807, 2.05) is 27.7 Å². The maximum atomic E-state index is 4.83. The zero-order valence-electron chi connectivity index (χ0n) is 53.3. The first-order valence-corrected chi connectivity index (χ1v) is 30.0. The van der Waals surface area contributed by atoms with E-state index in [2.05, 4.69) is 249 Å². The summed E-state index contributed by atoms with van der Waals surface area (Å²) in [6.07, 6.45) is 0. The summed E-state index contributed by atoms with van der Waals surface area (Å²) in [5, 5.41) is 8.56. The summed E-state index contributed by atoms with van der Waals surface area (Å²) in [5.74, 6) is 0. The van der Waals surface area contributed by atoms with Gasteiger partial charge in [0.2, 0.25) is 0 Å². The summed E-state index contributed by atoms with van der Waals surface area (Å²) < 4.78 is 9.67. The summed E-state index contributed by atoms with van der Waals surface area (Å²) in [6.45, 7) is 101. The maximum absolute atomic E-state index is 4.83. The van der Waals surface area contributed by atoms with Gasteiger partial charge in [-0.15, -0.1) is 0 Å². The first-order chi connectivity index (χ1) is 31.8. The minimum absolute atomic E-state index is 0. The van der Waals surface area contributed by atoms with Crippen molar-refractivity contribution in [3.05, 3.63) is 0 Å². The van der Waals surface area contributed by atoms with Crippen molar-refractivity contribution in [2.24, 2.45) is 0 Å². The van der Waals surface area contributed by atoms with Crippen molar-refractivity contribution in [2.45, 2.75) is 339 Å². The van der Waals surface area contributed by atoms with Crippen molar-refractivity contribution >= 4 is 133 Å². The minimum atomic E-state index is -0.310. The van der Waals surface area contributed by atoms with Gasteiger partial charge in [0.05, 0.1) is 90.8 Å². The Morgan fingerprint density at radius 3 is 0.231 bits per heavy atom. The van der Waals surface area contributed by atoms with E-state index in [-0.39, 0.29) is 104 Å². The molecule has 0 aliphatic heterocycles. The molecule has 0 saturated carbocycles. The fraction of sp³-hybridized carbons (Fsp3) is 1.00. The van der Waals surface area contributed by atoms with E-state index in [1.54, 1.807) is 0 Å². The van der Waals surface area contributed by atoms with Crippen LogP contribution in [0.25, 0.3) is 0 Å². The Hall–Kier alpha value is 5.38. The summed E-state index contributed by atoms with van der Waals surface area (Å²) in [7, 11) is 5.56. The van der Waals surface area contributed by atoms with Crippen LogP contribution in [0, 0.1) is 62.2 Å². The van der Waals surface area contributed by atoms with Gasteiger partial charge in [0, 0.05) is 26.4 Å². The van der Waals surface area contributed by atoms with Gasteiger partial charge in [0.25, 0.3) is 0 Å². The van der Waals surface area contributed by atoms with Crippen molar-refractivity contribution in [1.82, 2.24) is 0 Å². The van der Waals surface area contributed by atoms with Crippen molar-refractivity contribution < 1.29 is 71.7 Å². The molecule has 0 aromatic rings. The smallest absolute Gasteiger partial charge is 0.382 e. The fourth-order valence-electron chi connectivity index (χ4n) is 6.45. The molecule has 0 fully saturated rings. The van der Waals surface area contributed by atoms with E-state index < -0.39 is 0 Å². The Labute approximate surface area is 564 Å². The minimum Gasteiger partial charge on any atom is -0.382 e. The zero-order valence-corrected chi connectivity index (χ0v) is 67.0. The van der Waals surface area contributed by atoms with E-state index >= 15 is 0 Å². The predicted molar refractivity (Wildman–Crippen MR) is 442 cm³/mol. The van der Waals surface area contributed by atoms with E-state index in [0.29, 0.717) is 153 Å². The van der Waals surface area contributed by atoms with Crippen LogP contribution in [-0.4, -0.2) is 179 Å². The molecule has 474 valence electrons. The third-order valence-corrected chi connectivity index (χ3v) is 12.9. The molecule has 0 aliphatic rings. The molecular formula is C56H164B12O2P6U2. The van der Waals surface area contributed by atoms with Gasteiger partial charge >= 0.3 is 62.2 Å². The average Bonchev–Trinajstić information content (AvgIpc) is 3.09. The van der Waals surface area contributed by atoms with Crippen molar-refractivity contribution in [1.29, 1.82) is 0 Å². The molecule has 2 nitrogen and oxygen atoms in total.